The molecule has 0 aliphatic carbocycles. The number of anilines is 1. The highest BCUT2D eigenvalue weighted by atomic mass is 32.2. The van der Waals surface area contributed by atoms with Crippen molar-refractivity contribution in [2.75, 3.05) is 4.90 Å². The van der Waals surface area contributed by atoms with E-state index in [-0.39, 0.29) is 17.2 Å². The summed E-state index contributed by atoms with van der Waals surface area (Å²) in [5.41, 5.74) is 8.73. The number of amides is 1. The molecule has 5 heteroatoms. The summed E-state index contributed by atoms with van der Waals surface area (Å²) in [4.78, 5) is 23.9. The van der Waals surface area contributed by atoms with E-state index < -0.39 is 0 Å². The molecule has 2 heterocycles. The van der Waals surface area contributed by atoms with Crippen molar-refractivity contribution in [1.29, 1.82) is 0 Å². The summed E-state index contributed by atoms with van der Waals surface area (Å²) in [6.07, 6.45) is 0.898. The van der Waals surface area contributed by atoms with Crippen LogP contribution in [0.3, 0.4) is 0 Å². The number of fused-ring (bicyclic) bond motifs is 1. The number of hydrogen-bond donors (Lipinski definition) is 1. The van der Waals surface area contributed by atoms with E-state index in [9.17, 15) is 4.79 Å². The second-order valence-corrected chi connectivity index (χ2v) is 10.5. The molecule has 4 nitrogen and oxygen atoms in total. The number of nitrogens with zero attached hydrogens (tertiary/aromatic N) is 2. The topological polar surface area (TPSA) is 49.0 Å². The van der Waals surface area contributed by atoms with Crippen LogP contribution in [0, 0.1) is 13.8 Å². The van der Waals surface area contributed by atoms with Gasteiger partial charge in [-0.15, -0.1) is 0 Å². The first kappa shape index (κ1) is 22.5. The van der Waals surface area contributed by atoms with Gasteiger partial charge in [-0.05, 0) is 45.7 Å². The molecule has 0 fully saturated rings. The Morgan fingerprint density at radius 2 is 1.59 bits per heavy atom. The number of para-hydroxylation sites is 1. The van der Waals surface area contributed by atoms with Crippen molar-refractivity contribution in [2.45, 2.75) is 50.6 Å². The fraction of sp³-hybridized carbons (Fsp3) is 0.241. The molecule has 0 saturated carbocycles. The van der Waals surface area contributed by atoms with Gasteiger partial charge < -0.3 is 9.88 Å². The lowest BCUT2D eigenvalue weighted by molar-refractivity contribution is -0.118. The van der Waals surface area contributed by atoms with E-state index in [1.54, 1.807) is 0 Å². The largest absolute Gasteiger partial charge is 0.332 e. The molecule has 4 aromatic rings. The van der Waals surface area contributed by atoms with Gasteiger partial charge in [0.05, 0.1) is 16.6 Å². The van der Waals surface area contributed by atoms with E-state index in [0.29, 0.717) is 0 Å². The van der Waals surface area contributed by atoms with E-state index in [2.05, 4.69) is 80.4 Å². The minimum Gasteiger partial charge on any atom is -0.332 e. The van der Waals surface area contributed by atoms with Crippen molar-refractivity contribution in [2.24, 2.45) is 0 Å². The number of aromatic amines is 1. The number of aromatic nitrogens is 2. The van der Waals surface area contributed by atoms with Gasteiger partial charge in [-0.3, -0.25) is 4.79 Å². The normalized spacial score (nSPS) is 15.9. The van der Waals surface area contributed by atoms with E-state index in [1.807, 2.05) is 30.0 Å². The average Bonchev–Trinajstić information content (AvgIpc) is 3.39. The first-order chi connectivity index (χ1) is 16.4. The minimum absolute atomic E-state index is 0.118. The standard InChI is InChI=1S/C29H29N3OS/c1-18-9-13-22(14-10-18)26-27(23-15-11-19(2)12-16-23)31-29(30-26)34-21(4)28(33)32-20(3)17-24-7-5-6-8-25(24)32/h5-16,20-21H,17H2,1-4H3,(H,30,31)/t20-,21-/m0/s1. The molecule has 1 aliphatic rings. The number of imidazole rings is 1. The predicted octanol–water partition coefficient (Wildman–Crippen LogP) is 6.82. The quantitative estimate of drug-likeness (QED) is 0.328. The Balaban J connectivity index is 1.46. The Morgan fingerprint density at radius 3 is 2.26 bits per heavy atom. The van der Waals surface area contributed by atoms with E-state index in [4.69, 9.17) is 4.98 Å². The molecule has 1 amide bonds. The zero-order valence-corrected chi connectivity index (χ0v) is 20.8. The Bertz CT molecular complexity index is 1260. The second kappa shape index (κ2) is 9.15. The fourth-order valence-corrected chi connectivity index (χ4v) is 5.43. The first-order valence-corrected chi connectivity index (χ1v) is 12.6. The van der Waals surface area contributed by atoms with Gasteiger partial charge in [-0.25, -0.2) is 4.98 Å². The molecule has 0 radical (unpaired) electrons. The number of hydrogen-bond acceptors (Lipinski definition) is 3. The second-order valence-electron chi connectivity index (χ2n) is 9.15. The smallest absolute Gasteiger partial charge is 0.240 e. The van der Waals surface area contributed by atoms with Crippen molar-refractivity contribution in [3.8, 4) is 22.5 Å². The fourth-order valence-electron chi connectivity index (χ4n) is 4.57. The third kappa shape index (κ3) is 4.28. The van der Waals surface area contributed by atoms with E-state index >= 15 is 0 Å². The zero-order chi connectivity index (χ0) is 23.8. The number of thioether (sulfide) groups is 1. The molecule has 3 aromatic carbocycles. The number of benzene rings is 3. The summed E-state index contributed by atoms with van der Waals surface area (Å²) in [6, 6.07) is 25.3. The highest BCUT2D eigenvalue weighted by Gasteiger charge is 2.33. The molecule has 1 aromatic heterocycles. The van der Waals surface area contributed by atoms with Gasteiger partial charge >= 0.3 is 0 Å². The van der Waals surface area contributed by atoms with Gasteiger partial charge in [-0.1, -0.05) is 89.6 Å². The van der Waals surface area contributed by atoms with Gasteiger partial charge in [0, 0.05) is 22.9 Å². The molecule has 5 rings (SSSR count). The number of nitrogens with one attached hydrogen (secondary N) is 1. The van der Waals surface area contributed by atoms with Crippen LogP contribution >= 0.6 is 11.8 Å². The highest BCUT2D eigenvalue weighted by Crippen LogP contribution is 2.37. The molecule has 1 N–H and O–H groups in total. The Morgan fingerprint density at radius 1 is 0.971 bits per heavy atom. The number of carbonyl (C=O) groups is 1. The maximum Gasteiger partial charge on any atom is 0.240 e. The summed E-state index contributed by atoms with van der Waals surface area (Å²) in [5.74, 6) is 0.118. The number of rotatable bonds is 5. The maximum absolute atomic E-state index is 13.5. The molecular formula is C29H29N3OS. The van der Waals surface area contributed by atoms with Gasteiger partial charge in [-0.2, -0.15) is 0 Å². The minimum atomic E-state index is -0.267. The maximum atomic E-state index is 13.5. The van der Waals surface area contributed by atoms with Crippen molar-refractivity contribution in [1.82, 2.24) is 9.97 Å². The van der Waals surface area contributed by atoms with Crippen LogP contribution in [0.4, 0.5) is 5.69 Å². The number of H-pyrrole nitrogens is 1. The van der Waals surface area contributed by atoms with Gasteiger partial charge in [0.25, 0.3) is 0 Å². The average molecular weight is 468 g/mol. The molecule has 0 bridgehead atoms. The Hall–Kier alpha value is -3.31. The summed E-state index contributed by atoms with van der Waals surface area (Å²) in [7, 11) is 0. The van der Waals surface area contributed by atoms with Crippen molar-refractivity contribution in [3.05, 3.63) is 89.5 Å². The van der Waals surface area contributed by atoms with Crippen LogP contribution in [0.1, 0.15) is 30.5 Å². The van der Waals surface area contributed by atoms with Crippen LogP contribution in [-0.2, 0) is 11.2 Å². The summed E-state index contributed by atoms with van der Waals surface area (Å²) < 4.78 is 0. The molecule has 0 unspecified atom stereocenters. The van der Waals surface area contributed by atoms with Crippen LogP contribution in [0.5, 0.6) is 0 Å². The SMILES string of the molecule is Cc1ccc(-c2nc(S[C@@H](C)C(=O)N3c4ccccc4C[C@@H]3C)[nH]c2-c2ccc(C)cc2)cc1. The van der Waals surface area contributed by atoms with Crippen molar-refractivity contribution < 1.29 is 4.79 Å². The zero-order valence-electron chi connectivity index (χ0n) is 20.0. The summed E-state index contributed by atoms with van der Waals surface area (Å²) in [5, 5.41) is 0.489. The first-order valence-electron chi connectivity index (χ1n) is 11.7. The lowest BCUT2D eigenvalue weighted by atomic mass is 10.0. The van der Waals surface area contributed by atoms with Crippen LogP contribution in [0.2, 0.25) is 0 Å². The van der Waals surface area contributed by atoms with Gasteiger partial charge in [0.15, 0.2) is 5.16 Å². The Labute approximate surface area is 205 Å². The van der Waals surface area contributed by atoms with Crippen molar-refractivity contribution >= 4 is 23.4 Å². The molecule has 0 saturated heterocycles. The lowest BCUT2D eigenvalue weighted by Gasteiger charge is -2.25. The van der Waals surface area contributed by atoms with Gasteiger partial charge in [0.1, 0.15) is 0 Å². The number of aryl methyl sites for hydroxylation is 2. The van der Waals surface area contributed by atoms with E-state index in [1.165, 1.54) is 28.5 Å². The van der Waals surface area contributed by atoms with E-state index in [0.717, 1.165) is 39.8 Å². The van der Waals surface area contributed by atoms with Crippen LogP contribution < -0.4 is 4.90 Å². The molecule has 0 spiro atoms. The predicted molar refractivity (Wildman–Crippen MR) is 141 cm³/mol. The molecule has 34 heavy (non-hydrogen) atoms. The van der Waals surface area contributed by atoms with Crippen molar-refractivity contribution in [3.63, 3.8) is 0 Å². The monoisotopic (exact) mass is 467 g/mol. The molecule has 172 valence electrons. The molecular weight excluding hydrogens is 438 g/mol. The lowest BCUT2D eigenvalue weighted by Crippen LogP contribution is -2.40. The molecule has 2 atom stereocenters. The molecule has 1 aliphatic heterocycles. The number of carbonyl (C=O) groups excluding carboxylic acids is 1. The highest BCUT2D eigenvalue weighted by molar-refractivity contribution is 8.00. The third-order valence-electron chi connectivity index (χ3n) is 6.43. The summed E-state index contributed by atoms with van der Waals surface area (Å²) >= 11 is 1.49. The van der Waals surface area contributed by atoms with Crippen LogP contribution in [0.25, 0.3) is 22.5 Å². The summed E-state index contributed by atoms with van der Waals surface area (Å²) in [6.45, 7) is 8.26. The Kier molecular flexibility index (Phi) is 6.05. The third-order valence-corrected chi connectivity index (χ3v) is 7.40. The van der Waals surface area contributed by atoms with Crippen LogP contribution in [-0.4, -0.2) is 27.2 Å². The van der Waals surface area contributed by atoms with Crippen LogP contribution in [0.15, 0.2) is 78.0 Å². The van der Waals surface area contributed by atoms with Gasteiger partial charge in [0.2, 0.25) is 5.91 Å².